The Kier molecular flexibility index (Phi) is 3.04. The van der Waals surface area contributed by atoms with Crippen LogP contribution in [0.25, 0.3) is 0 Å². The number of benzene rings is 1. The highest BCUT2D eigenvalue weighted by Crippen LogP contribution is 2.36. The third kappa shape index (κ3) is 1.76. The summed E-state index contributed by atoms with van der Waals surface area (Å²) in [7, 11) is 1.50. The standard InChI is InChI=1S/C11H9BrClNO2/c1-14-9(15)5-7(11(14)16)6-3-2-4-8(12)10(6)13/h2-4,7H,5H2,1H3. The van der Waals surface area contributed by atoms with E-state index < -0.39 is 5.92 Å². The van der Waals surface area contributed by atoms with Crippen LogP contribution in [-0.4, -0.2) is 23.8 Å². The van der Waals surface area contributed by atoms with Gasteiger partial charge in [-0.2, -0.15) is 0 Å². The van der Waals surface area contributed by atoms with Crippen LogP contribution in [0.4, 0.5) is 0 Å². The third-order valence-electron chi connectivity index (χ3n) is 2.74. The predicted molar refractivity (Wildman–Crippen MR) is 64.3 cm³/mol. The molecule has 16 heavy (non-hydrogen) atoms. The SMILES string of the molecule is CN1C(=O)CC(c2cccc(Br)c2Cl)C1=O. The maximum Gasteiger partial charge on any atom is 0.237 e. The second-order valence-electron chi connectivity index (χ2n) is 3.69. The highest BCUT2D eigenvalue weighted by Gasteiger charge is 2.38. The lowest BCUT2D eigenvalue weighted by Crippen LogP contribution is -2.25. The molecule has 2 rings (SSSR count). The number of nitrogens with zero attached hydrogens (tertiary/aromatic N) is 1. The van der Waals surface area contributed by atoms with Gasteiger partial charge >= 0.3 is 0 Å². The van der Waals surface area contributed by atoms with Gasteiger partial charge in [-0.05, 0) is 27.6 Å². The summed E-state index contributed by atoms with van der Waals surface area (Å²) in [6, 6.07) is 5.39. The molecule has 0 bridgehead atoms. The van der Waals surface area contributed by atoms with Crippen molar-refractivity contribution in [1.29, 1.82) is 0 Å². The fraction of sp³-hybridized carbons (Fsp3) is 0.273. The first-order valence-electron chi connectivity index (χ1n) is 4.76. The molecule has 1 atom stereocenters. The van der Waals surface area contributed by atoms with Gasteiger partial charge in [0.1, 0.15) is 0 Å². The van der Waals surface area contributed by atoms with Crippen LogP contribution < -0.4 is 0 Å². The van der Waals surface area contributed by atoms with Gasteiger partial charge < -0.3 is 0 Å². The van der Waals surface area contributed by atoms with Crippen molar-refractivity contribution in [3.8, 4) is 0 Å². The summed E-state index contributed by atoms with van der Waals surface area (Å²) in [6.45, 7) is 0. The minimum Gasteiger partial charge on any atom is -0.285 e. The van der Waals surface area contributed by atoms with Crippen LogP contribution in [0.3, 0.4) is 0 Å². The quantitative estimate of drug-likeness (QED) is 0.748. The van der Waals surface area contributed by atoms with Crippen LogP contribution in [0.15, 0.2) is 22.7 Å². The van der Waals surface area contributed by atoms with Crippen molar-refractivity contribution >= 4 is 39.3 Å². The van der Waals surface area contributed by atoms with Gasteiger partial charge in [-0.3, -0.25) is 14.5 Å². The molecule has 1 aliphatic heterocycles. The zero-order valence-electron chi connectivity index (χ0n) is 8.54. The first-order chi connectivity index (χ1) is 7.52. The van der Waals surface area contributed by atoms with Crippen molar-refractivity contribution in [2.24, 2.45) is 0 Å². The fourth-order valence-electron chi connectivity index (χ4n) is 1.79. The summed E-state index contributed by atoms with van der Waals surface area (Å²) < 4.78 is 0.737. The molecule has 1 saturated heterocycles. The van der Waals surface area contributed by atoms with Crippen LogP contribution in [0.5, 0.6) is 0 Å². The Bertz CT molecular complexity index is 475. The van der Waals surface area contributed by atoms with E-state index in [4.69, 9.17) is 11.6 Å². The van der Waals surface area contributed by atoms with E-state index in [1.807, 2.05) is 0 Å². The van der Waals surface area contributed by atoms with Crippen molar-refractivity contribution < 1.29 is 9.59 Å². The molecule has 0 radical (unpaired) electrons. The summed E-state index contributed by atoms with van der Waals surface area (Å²) in [5, 5.41) is 0.504. The first kappa shape index (κ1) is 11.6. The normalized spacial score (nSPS) is 20.7. The van der Waals surface area contributed by atoms with Crippen molar-refractivity contribution in [3.63, 3.8) is 0 Å². The van der Waals surface area contributed by atoms with Gasteiger partial charge in [-0.15, -0.1) is 0 Å². The monoisotopic (exact) mass is 301 g/mol. The Labute approximate surface area is 107 Å². The van der Waals surface area contributed by atoms with E-state index >= 15 is 0 Å². The Balaban J connectivity index is 2.43. The number of likely N-dealkylation sites (N-methyl/N-ethyl adjacent to an activating group) is 1. The summed E-state index contributed by atoms with van der Waals surface area (Å²) in [5.41, 5.74) is 0.707. The maximum atomic E-state index is 11.8. The molecule has 1 fully saturated rings. The Hall–Kier alpha value is -0.870. The first-order valence-corrected chi connectivity index (χ1v) is 5.93. The van der Waals surface area contributed by atoms with E-state index in [0.29, 0.717) is 10.6 Å². The Morgan fingerprint density at radius 2 is 2.12 bits per heavy atom. The van der Waals surface area contributed by atoms with E-state index in [0.717, 1.165) is 9.37 Å². The maximum absolute atomic E-state index is 11.8. The molecule has 0 aliphatic carbocycles. The van der Waals surface area contributed by atoms with Crippen LogP contribution in [-0.2, 0) is 9.59 Å². The summed E-state index contributed by atoms with van der Waals surface area (Å²) >= 11 is 9.41. The smallest absolute Gasteiger partial charge is 0.237 e. The average Bonchev–Trinajstić information content (AvgIpc) is 2.50. The van der Waals surface area contributed by atoms with Crippen molar-refractivity contribution in [2.45, 2.75) is 12.3 Å². The number of carbonyl (C=O) groups excluding carboxylic acids is 2. The molecule has 2 amide bonds. The largest absolute Gasteiger partial charge is 0.285 e. The summed E-state index contributed by atoms with van der Waals surface area (Å²) in [5.74, 6) is -0.793. The Morgan fingerprint density at radius 1 is 1.44 bits per heavy atom. The second kappa shape index (κ2) is 4.18. The van der Waals surface area contributed by atoms with Gasteiger partial charge in [-0.1, -0.05) is 23.7 Å². The number of hydrogen-bond donors (Lipinski definition) is 0. The van der Waals surface area contributed by atoms with Gasteiger partial charge in [0.15, 0.2) is 0 Å². The number of amides is 2. The second-order valence-corrected chi connectivity index (χ2v) is 4.92. The molecule has 1 aromatic rings. The van der Waals surface area contributed by atoms with E-state index in [1.54, 1.807) is 18.2 Å². The van der Waals surface area contributed by atoms with Crippen LogP contribution in [0, 0.1) is 0 Å². The number of imide groups is 1. The molecular weight excluding hydrogens is 293 g/mol. The molecule has 0 N–H and O–H groups in total. The number of carbonyl (C=O) groups is 2. The van der Waals surface area contributed by atoms with Gasteiger partial charge in [0.05, 0.1) is 10.9 Å². The van der Waals surface area contributed by atoms with Crippen molar-refractivity contribution in [1.82, 2.24) is 4.90 Å². The van der Waals surface area contributed by atoms with Crippen LogP contribution >= 0.6 is 27.5 Å². The van der Waals surface area contributed by atoms with Crippen molar-refractivity contribution in [2.75, 3.05) is 7.05 Å². The predicted octanol–water partition coefficient (Wildman–Crippen LogP) is 2.57. The lowest BCUT2D eigenvalue weighted by atomic mass is 9.97. The Morgan fingerprint density at radius 3 is 2.69 bits per heavy atom. The molecule has 1 aromatic carbocycles. The van der Waals surface area contributed by atoms with Crippen molar-refractivity contribution in [3.05, 3.63) is 33.3 Å². The topological polar surface area (TPSA) is 37.4 Å². The molecule has 84 valence electrons. The lowest BCUT2D eigenvalue weighted by molar-refractivity contribution is -0.137. The van der Waals surface area contributed by atoms with E-state index in [1.165, 1.54) is 7.05 Å². The molecule has 0 spiro atoms. The van der Waals surface area contributed by atoms with Gasteiger partial charge in [0, 0.05) is 17.9 Å². The average molecular weight is 303 g/mol. The summed E-state index contributed by atoms with van der Waals surface area (Å²) in [4.78, 5) is 24.4. The van der Waals surface area contributed by atoms with E-state index in [-0.39, 0.29) is 18.2 Å². The number of halogens is 2. The molecule has 1 unspecified atom stereocenters. The van der Waals surface area contributed by atoms with Gasteiger partial charge in [-0.25, -0.2) is 0 Å². The molecule has 1 heterocycles. The molecule has 0 saturated carbocycles. The lowest BCUT2D eigenvalue weighted by Gasteiger charge is -2.11. The number of rotatable bonds is 1. The minimum atomic E-state index is -0.442. The fourth-order valence-corrected chi connectivity index (χ4v) is 2.43. The summed E-state index contributed by atoms with van der Waals surface area (Å²) in [6.07, 6.45) is 0.200. The van der Waals surface area contributed by atoms with Crippen LogP contribution in [0.2, 0.25) is 5.02 Å². The molecule has 0 aromatic heterocycles. The zero-order valence-corrected chi connectivity index (χ0v) is 10.9. The molecular formula is C11H9BrClNO2. The number of likely N-dealkylation sites (tertiary alicyclic amines) is 1. The third-order valence-corrected chi connectivity index (χ3v) is 4.05. The molecule has 5 heteroatoms. The minimum absolute atomic E-state index is 0.161. The van der Waals surface area contributed by atoms with Gasteiger partial charge in [0.25, 0.3) is 0 Å². The zero-order chi connectivity index (χ0) is 11.9. The van der Waals surface area contributed by atoms with E-state index in [9.17, 15) is 9.59 Å². The highest BCUT2D eigenvalue weighted by molar-refractivity contribution is 9.10. The van der Waals surface area contributed by atoms with E-state index in [2.05, 4.69) is 15.9 Å². The molecule has 1 aliphatic rings. The number of hydrogen-bond acceptors (Lipinski definition) is 2. The molecule has 3 nitrogen and oxygen atoms in total. The van der Waals surface area contributed by atoms with Gasteiger partial charge in [0.2, 0.25) is 11.8 Å². The highest BCUT2D eigenvalue weighted by atomic mass is 79.9. The van der Waals surface area contributed by atoms with Crippen LogP contribution in [0.1, 0.15) is 17.9 Å².